The Kier molecular flexibility index (Phi) is 3.60. The lowest BCUT2D eigenvalue weighted by Crippen LogP contribution is -1.82. The van der Waals surface area contributed by atoms with Crippen molar-refractivity contribution in [2.45, 2.75) is 0 Å². The maximum atomic E-state index is 13.2. The van der Waals surface area contributed by atoms with Crippen molar-refractivity contribution >= 4 is 22.9 Å². The van der Waals surface area contributed by atoms with Crippen LogP contribution in [0.4, 0.5) is 4.39 Å². The summed E-state index contributed by atoms with van der Waals surface area (Å²) < 4.78 is 13.2. The van der Waals surface area contributed by atoms with Gasteiger partial charge in [-0.05, 0) is 18.2 Å². The van der Waals surface area contributed by atoms with E-state index in [4.69, 9.17) is 16.9 Å². The molecule has 0 amide bonds. The summed E-state index contributed by atoms with van der Waals surface area (Å²) in [6.45, 7) is 0. The summed E-state index contributed by atoms with van der Waals surface area (Å²) in [6, 6.07) is 6.62. The summed E-state index contributed by atoms with van der Waals surface area (Å²) in [5.74, 6) is -0.440. The molecule has 102 valence electrons. The minimum Gasteiger partial charge on any atom is -0.261 e. The fourth-order valence-corrected chi connectivity index (χ4v) is 2.99. The highest BCUT2D eigenvalue weighted by Crippen LogP contribution is 2.37. The molecule has 4 nitrogen and oxygen atoms in total. The molecule has 0 N–H and O–H groups in total. The Hall–Kier alpha value is -2.36. The molecule has 0 spiro atoms. The zero-order chi connectivity index (χ0) is 14.8. The average molecular weight is 317 g/mol. The molecule has 0 aliphatic rings. The van der Waals surface area contributed by atoms with E-state index in [1.165, 1.54) is 29.8 Å². The van der Waals surface area contributed by atoms with Crippen LogP contribution in [-0.2, 0) is 0 Å². The van der Waals surface area contributed by atoms with E-state index in [2.05, 4.69) is 15.0 Å². The van der Waals surface area contributed by atoms with Gasteiger partial charge in [-0.3, -0.25) is 9.97 Å². The lowest BCUT2D eigenvalue weighted by Gasteiger charge is -1.96. The van der Waals surface area contributed by atoms with E-state index >= 15 is 0 Å². The molecule has 3 heterocycles. The van der Waals surface area contributed by atoms with E-state index in [1.54, 1.807) is 12.1 Å². The Balaban J connectivity index is 2.08. The Morgan fingerprint density at radius 2 is 2.14 bits per heavy atom. The third kappa shape index (κ3) is 2.75. The maximum Gasteiger partial charge on any atom is 0.150 e. The van der Waals surface area contributed by atoms with Crippen molar-refractivity contribution in [1.29, 1.82) is 5.26 Å². The van der Waals surface area contributed by atoms with Gasteiger partial charge < -0.3 is 0 Å². The van der Waals surface area contributed by atoms with Gasteiger partial charge in [-0.1, -0.05) is 11.6 Å². The number of rotatable bonds is 2. The first-order chi connectivity index (χ1) is 10.2. The standard InChI is InChI=1S/C14H6ClFN4S/c15-13-12(11-3-8(5-17)1-2-19-11)21-14(20-13)9-4-10(16)7-18-6-9/h1-4,6-7H. The summed E-state index contributed by atoms with van der Waals surface area (Å²) in [6.07, 6.45) is 4.17. The molecular weight excluding hydrogens is 311 g/mol. The Bertz CT molecular complexity index is 856. The molecule has 3 rings (SSSR count). The lowest BCUT2D eigenvalue weighted by atomic mass is 10.2. The van der Waals surface area contributed by atoms with E-state index < -0.39 is 5.82 Å². The fraction of sp³-hybridized carbons (Fsp3) is 0. The van der Waals surface area contributed by atoms with E-state index in [1.807, 2.05) is 6.07 Å². The van der Waals surface area contributed by atoms with Gasteiger partial charge in [-0.25, -0.2) is 9.37 Å². The van der Waals surface area contributed by atoms with Crippen molar-refractivity contribution in [2.24, 2.45) is 0 Å². The minimum atomic E-state index is -0.440. The summed E-state index contributed by atoms with van der Waals surface area (Å²) >= 11 is 7.40. The second-order valence-electron chi connectivity index (χ2n) is 4.07. The second-order valence-corrected chi connectivity index (χ2v) is 5.43. The molecule has 0 saturated heterocycles. The number of aromatic nitrogens is 3. The van der Waals surface area contributed by atoms with Crippen molar-refractivity contribution in [3.63, 3.8) is 0 Å². The van der Waals surface area contributed by atoms with Gasteiger partial charge in [0, 0.05) is 18.0 Å². The monoisotopic (exact) mass is 316 g/mol. The van der Waals surface area contributed by atoms with Crippen LogP contribution in [0.2, 0.25) is 5.15 Å². The summed E-state index contributed by atoms with van der Waals surface area (Å²) in [5, 5.41) is 9.73. The van der Waals surface area contributed by atoms with Gasteiger partial charge in [-0.2, -0.15) is 5.26 Å². The molecule has 0 fully saturated rings. The lowest BCUT2D eigenvalue weighted by molar-refractivity contribution is 0.622. The predicted octanol–water partition coefficient (Wildman–Crippen LogP) is 3.93. The van der Waals surface area contributed by atoms with E-state index in [9.17, 15) is 4.39 Å². The normalized spacial score (nSPS) is 10.3. The Morgan fingerprint density at radius 3 is 2.90 bits per heavy atom. The molecule has 0 aliphatic heterocycles. The first kappa shape index (κ1) is 13.6. The van der Waals surface area contributed by atoms with Crippen LogP contribution in [0.1, 0.15) is 5.56 Å². The van der Waals surface area contributed by atoms with Crippen molar-refractivity contribution in [2.75, 3.05) is 0 Å². The van der Waals surface area contributed by atoms with Gasteiger partial charge in [0.15, 0.2) is 0 Å². The zero-order valence-corrected chi connectivity index (χ0v) is 12.0. The molecule has 21 heavy (non-hydrogen) atoms. The Labute approximate surface area is 128 Å². The molecule has 0 radical (unpaired) electrons. The molecule has 3 aromatic heterocycles. The molecule has 0 unspecified atom stereocenters. The fourth-order valence-electron chi connectivity index (χ4n) is 1.74. The molecule has 0 aromatic carbocycles. The molecule has 0 bridgehead atoms. The first-order valence-corrected chi connectivity index (χ1v) is 7.00. The highest BCUT2D eigenvalue weighted by Gasteiger charge is 2.15. The van der Waals surface area contributed by atoms with Gasteiger partial charge >= 0.3 is 0 Å². The maximum absolute atomic E-state index is 13.2. The SMILES string of the molecule is N#Cc1ccnc(-c2sc(-c3cncc(F)c3)nc2Cl)c1. The third-order valence-corrected chi connectivity index (χ3v) is 4.17. The van der Waals surface area contributed by atoms with Crippen molar-refractivity contribution in [3.8, 4) is 27.2 Å². The van der Waals surface area contributed by atoms with Crippen LogP contribution in [0, 0.1) is 17.1 Å². The Morgan fingerprint density at radius 1 is 1.29 bits per heavy atom. The van der Waals surface area contributed by atoms with E-state index in [0.717, 1.165) is 6.20 Å². The number of hydrogen-bond donors (Lipinski definition) is 0. The van der Waals surface area contributed by atoms with Gasteiger partial charge in [0.25, 0.3) is 0 Å². The van der Waals surface area contributed by atoms with Gasteiger partial charge in [0.1, 0.15) is 16.0 Å². The molecule has 0 aliphatic carbocycles. The van der Waals surface area contributed by atoms with Crippen molar-refractivity contribution in [3.05, 3.63) is 53.3 Å². The van der Waals surface area contributed by atoms with Gasteiger partial charge in [0.2, 0.25) is 0 Å². The number of nitrogens with zero attached hydrogens (tertiary/aromatic N) is 4. The van der Waals surface area contributed by atoms with Crippen LogP contribution >= 0.6 is 22.9 Å². The quantitative estimate of drug-likeness (QED) is 0.718. The predicted molar refractivity (Wildman–Crippen MR) is 78.3 cm³/mol. The van der Waals surface area contributed by atoms with Crippen LogP contribution in [0.5, 0.6) is 0 Å². The molecule has 0 saturated carbocycles. The van der Waals surface area contributed by atoms with Crippen LogP contribution in [0.15, 0.2) is 36.8 Å². The number of thiazole rings is 1. The summed E-state index contributed by atoms with van der Waals surface area (Å²) in [4.78, 5) is 12.8. The van der Waals surface area contributed by atoms with E-state index in [-0.39, 0.29) is 5.15 Å². The smallest absolute Gasteiger partial charge is 0.150 e. The molecule has 7 heteroatoms. The second kappa shape index (κ2) is 5.56. The zero-order valence-electron chi connectivity index (χ0n) is 10.4. The van der Waals surface area contributed by atoms with E-state index in [0.29, 0.717) is 26.7 Å². The minimum absolute atomic E-state index is 0.266. The number of pyridine rings is 2. The van der Waals surface area contributed by atoms with Crippen LogP contribution in [0.3, 0.4) is 0 Å². The van der Waals surface area contributed by atoms with Crippen molar-refractivity contribution in [1.82, 2.24) is 15.0 Å². The molecule has 3 aromatic rings. The van der Waals surface area contributed by atoms with Gasteiger partial charge in [0.05, 0.1) is 28.4 Å². The largest absolute Gasteiger partial charge is 0.261 e. The number of hydrogen-bond acceptors (Lipinski definition) is 5. The number of nitriles is 1. The molecule has 0 atom stereocenters. The van der Waals surface area contributed by atoms with Crippen LogP contribution in [0.25, 0.3) is 21.1 Å². The topological polar surface area (TPSA) is 62.5 Å². The van der Waals surface area contributed by atoms with Crippen LogP contribution in [-0.4, -0.2) is 15.0 Å². The number of halogens is 2. The first-order valence-electron chi connectivity index (χ1n) is 5.81. The van der Waals surface area contributed by atoms with Gasteiger partial charge in [-0.15, -0.1) is 11.3 Å². The highest BCUT2D eigenvalue weighted by atomic mass is 35.5. The average Bonchev–Trinajstić information content (AvgIpc) is 2.89. The summed E-state index contributed by atoms with van der Waals surface area (Å²) in [7, 11) is 0. The highest BCUT2D eigenvalue weighted by molar-refractivity contribution is 7.19. The third-order valence-electron chi connectivity index (χ3n) is 2.66. The summed E-state index contributed by atoms with van der Waals surface area (Å²) in [5.41, 5.74) is 1.59. The van der Waals surface area contributed by atoms with Crippen LogP contribution < -0.4 is 0 Å². The molecular formula is C14H6ClFN4S. The van der Waals surface area contributed by atoms with Crippen molar-refractivity contribution < 1.29 is 4.39 Å².